The first-order valence-corrected chi connectivity index (χ1v) is 19.8. The van der Waals surface area contributed by atoms with Crippen molar-refractivity contribution >= 4 is 29.2 Å². The molecule has 54 heavy (non-hydrogen) atoms. The van der Waals surface area contributed by atoms with Crippen LogP contribution in [0.4, 0.5) is 5.69 Å². The third-order valence-electron chi connectivity index (χ3n) is 11.0. The molecule has 0 spiro atoms. The minimum Gasteiger partial charge on any atom is -0.481 e. The van der Waals surface area contributed by atoms with Gasteiger partial charge in [-0.1, -0.05) is 102 Å². The number of anilines is 1. The van der Waals surface area contributed by atoms with Crippen molar-refractivity contribution in [3.8, 4) is 0 Å². The van der Waals surface area contributed by atoms with E-state index in [4.69, 9.17) is 10.1 Å². The number of hydrogen-bond acceptors (Lipinski definition) is 5. The molecule has 2 aliphatic rings. The maximum atomic E-state index is 14.4. The Bertz CT molecular complexity index is 1830. The Morgan fingerprint density at radius 3 is 2.26 bits per heavy atom. The molecule has 2 aromatic rings. The standard InChI is InChI=1S/C46H62N4O4/c1-9-28-48-42(53)46(43(54)49-29-18-12-13-23-41(51)52)31-34(24-26-39(47-10-2)44(5,6)36-20-15-14-19-33(36)4)30-35(32-46)25-27-40-45(7,8)37-21-16-17-22-38(37)50(40)11-3/h14-17,19-22,24-27,30H,9-13,18,23,28-29,31-32H2,1-8H3,(H,48,53)(H,49,54)(H,51,52)/b26-24+,35-25-,40-27+,47-39+. The lowest BCUT2D eigenvalue weighted by atomic mass is 9.70. The average molecular weight is 735 g/mol. The van der Waals surface area contributed by atoms with Crippen LogP contribution in [0.3, 0.4) is 0 Å². The Morgan fingerprint density at radius 2 is 1.59 bits per heavy atom. The van der Waals surface area contributed by atoms with Gasteiger partial charge in [0.05, 0.1) is 0 Å². The topological polar surface area (TPSA) is 111 Å². The van der Waals surface area contributed by atoms with Gasteiger partial charge in [0, 0.05) is 60.5 Å². The van der Waals surface area contributed by atoms with E-state index in [2.05, 4.69) is 124 Å². The number of benzene rings is 2. The van der Waals surface area contributed by atoms with E-state index >= 15 is 0 Å². The second kappa shape index (κ2) is 18.5. The van der Waals surface area contributed by atoms with E-state index in [1.165, 1.54) is 28.1 Å². The number of para-hydroxylation sites is 1. The molecule has 8 nitrogen and oxygen atoms in total. The number of nitrogens with one attached hydrogen (secondary N) is 2. The summed E-state index contributed by atoms with van der Waals surface area (Å²) >= 11 is 0. The van der Waals surface area contributed by atoms with Crippen molar-refractivity contribution in [1.29, 1.82) is 0 Å². The van der Waals surface area contributed by atoms with Gasteiger partial charge in [-0.25, -0.2) is 0 Å². The molecule has 1 aliphatic heterocycles. The summed E-state index contributed by atoms with van der Waals surface area (Å²) in [6.07, 6.45) is 13.7. The Balaban J connectivity index is 1.80. The first-order valence-electron chi connectivity index (χ1n) is 19.8. The molecule has 0 saturated heterocycles. The molecule has 1 heterocycles. The van der Waals surface area contributed by atoms with E-state index in [1.54, 1.807) is 0 Å². The molecule has 8 heteroatoms. The Morgan fingerprint density at radius 1 is 0.907 bits per heavy atom. The Kier molecular flexibility index (Phi) is 14.4. The van der Waals surface area contributed by atoms with Crippen LogP contribution in [-0.2, 0) is 25.2 Å². The summed E-state index contributed by atoms with van der Waals surface area (Å²) < 4.78 is 0. The first kappa shape index (κ1) is 42.0. The van der Waals surface area contributed by atoms with Crippen molar-refractivity contribution in [2.24, 2.45) is 10.4 Å². The van der Waals surface area contributed by atoms with Gasteiger partial charge in [0.15, 0.2) is 0 Å². The molecule has 0 radical (unpaired) electrons. The van der Waals surface area contributed by atoms with E-state index in [9.17, 15) is 14.4 Å². The monoisotopic (exact) mass is 734 g/mol. The number of hydrogen-bond donors (Lipinski definition) is 3. The molecule has 0 aromatic heterocycles. The zero-order valence-electron chi connectivity index (χ0n) is 33.9. The summed E-state index contributed by atoms with van der Waals surface area (Å²) in [6.45, 7) is 19.5. The number of rotatable bonds is 17. The number of aliphatic carboxylic acids is 1. The average Bonchev–Trinajstić information content (AvgIpc) is 3.37. The van der Waals surface area contributed by atoms with Crippen LogP contribution in [0.25, 0.3) is 0 Å². The van der Waals surface area contributed by atoms with Gasteiger partial charge in [-0.05, 0) is 98.9 Å². The highest BCUT2D eigenvalue weighted by Gasteiger charge is 2.48. The minimum absolute atomic E-state index is 0.1000. The van der Waals surface area contributed by atoms with Crippen molar-refractivity contribution in [3.05, 3.63) is 112 Å². The van der Waals surface area contributed by atoms with Gasteiger partial charge in [-0.15, -0.1) is 0 Å². The minimum atomic E-state index is -1.37. The molecule has 3 N–H and O–H groups in total. The normalized spacial score (nSPS) is 20.0. The van der Waals surface area contributed by atoms with E-state index in [0.717, 1.165) is 29.8 Å². The van der Waals surface area contributed by atoms with E-state index < -0.39 is 11.4 Å². The number of aryl methyl sites for hydroxylation is 1. The largest absolute Gasteiger partial charge is 0.481 e. The summed E-state index contributed by atoms with van der Waals surface area (Å²) in [6, 6.07) is 16.9. The van der Waals surface area contributed by atoms with Crippen molar-refractivity contribution in [2.45, 2.75) is 111 Å². The SMILES string of the molecule is CCCNC(=O)C1(C(=O)NCCCCCC(=O)O)CC(/C=C/C(=N\CC)C(C)(C)c2ccccc2C)=CC(=C/C=C2/N(CC)c3ccccc3C2(C)C)/C1. The van der Waals surface area contributed by atoms with Crippen LogP contribution in [0.15, 0.2) is 101 Å². The summed E-state index contributed by atoms with van der Waals surface area (Å²) in [7, 11) is 0. The molecule has 0 fully saturated rings. The van der Waals surface area contributed by atoms with Gasteiger partial charge in [0.25, 0.3) is 0 Å². The maximum absolute atomic E-state index is 14.4. The number of amides is 2. The maximum Gasteiger partial charge on any atom is 0.303 e. The lowest BCUT2D eigenvalue weighted by Gasteiger charge is -2.35. The quantitative estimate of drug-likeness (QED) is 0.0854. The third kappa shape index (κ3) is 9.49. The predicted molar refractivity (Wildman–Crippen MR) is 222 cm³/mol. The number of nitrogens with zero attached hydrogens (tertiary/aromatic N) is 2. The smallest absolute Gasteiger partial charge is 0.303 e. The summed E-state index contributed by atoms with van der Waals surface area (Å²) in [5, 5.41) is 15.2. The van der Waals surface area contributed by atoms with Crippen molar-refractivity contribution in [1.82, 2.24) is 10.6 Å². The fourth-order valence-corrected chi connectivity index (χ4v) is 7.99. The second-order valence-corrected chi connectivity index (χ2v) is 15.7. The number of carboxylic acid groups (broad SMARTS) is 1. The van der Waals surface area contributed by atoms with Gasteiger partial charge in [-0.3, -0.25) is 19.4 Å². The fraction of sp³-hybridized carbons (Fsp3) is 0.478. The fourth-order valence-electron chi connectivity index (χ4n) is 7.99. The molecule has 4 rings (SSSR count). The molecule has 0 saturated carbocycles. The molecular weight excluding hydrogens is 673 g/mol. The van der Waals surface area contributed by atoms with Gasteiger partial charge < -0.3 is 20.6 Å². The van der Waals surface area contributed by atoms with Crippen LogP contribution in [0.5, 0.6) is 0 Å². The van der Waals surface area contributed by atoms with Crippen LogP contribution >= 0.6 is 0 Å². The summed E-state index contributed by atoms with van der Waals surface area (Å²) in [5.74, 6) is -1.41. The number of fused-ring (bicyclic) bond motifs is 1. The van der Waals surface area contributed by atoms with Crippen LogP contribution in [0.1, 0.15) is 110 Å². The van der Waals surface area contributed by atoms with Crippen LogP contribution in [-0.4, -0.2) is 54.8 Å². The molecule has 1 aliphatic carbocycles. The number of carboxylic acids is 1. The molecular formula is C46H62N4O4. The summed E-state index contributed by atoms with van der Waals surface area (Å²) in [4.78, 5) is 47.0. The zero-order chi connectivity index (χ0) is 39.5. The predicted octanol–water partition coefficient (Wildman–Crippen LogP) is 8.91. The van der Waals surface area contributed by atoms with E-state index in [-0.39, 0.29) is 41.9 Å². The van der Waals surface area contributed by atoms with Crippen LogP contribution in [0.2, 0.25) is 0 Å². The number of carbonyl (C=O) groups excluding carboxylic acids is 2. The first-order chi connectivity index (χ1) is 25.7. The Hall–Kier alpha value is -4.72. The molecule has 0 bridgehead atoms. The number of aliphatic imine (C=N–C) groups is 1. The van der Waals surface area contributed by atoms with E-state index in [1.807, 2.05) is 26.0 Å². The highest BCUT2D eigenvalue weighted by atomic mass is 16.4. The number of unbranched alkanes of at least 4 members (excludes halogenated alkanes) is 2. The molecule has 2 amide bonds. The third-order valence-corrected chi connectivity index (χ3v) is 11.0. The van der Waals surface area contributed by atoms with E-state index in [0.29, 0.717) is 38.9 Å². The second-order valence-electron chi connectivity index (χ2n) is 15.7. The van der Waals surface area contributed by atoms with Gasteiger partial charge in [0.2, 0.25) is 11.8 Å². The number of carbonyl (C=O) groups is 3. The lowest BCUT2D eigenvalue weighted by Crippen LogP contribution is -2.53. The zero-order valence-corrected chi connectivity index (χ0v) is 33.9. The highest BCUT2D eigenvalue weighted by Crippen LogP contribution is 2.48. The van der Waals surface area contributed by atoms with Crippen molar-refractivity contribution < 1.29 is 19.5 Å². The number of allylic oxidation sites excluding steroid dienone is 8. The van der Waals surface area contributed by atoms with Crippen molar-refractivity contribution in [2.75, 3.05) is 31.1 Å². The Labute approximate surface area is 323 Å². The molecule has 290 valence electrons. The molecule has 1 atom stereocenters. The van der Waals surface area contributed by atoms with Crippen molar-refractivity contribution in [3.63, 3.8) is 0 Å². The molecule has 2 aromatic carbocycles. The van der Waals surface area contributed by atoms with Crippen LogP contribution < -0.4 is 15.5 Å². The molecule has 1 unspecified atom stereocenters. The van der Waals surface area contributed by atoms with Crippen LogP contribution in [0, 0.1) is 12.3 Å². The highest BCUT2D eigenvalue weighted by molar-refractivity contribution is 6.06. The summed E-state index contributed by atoms with van der Waals surface area (Å²) in [5.41, 5.74) is 6.74. The van der Waals surface area contributed by atoms with Gasteiger partial charge in [-0.2, -0.15) is 0 Å². The van der Waals surface area contributed by atoms with Gasteiger partial charge >= 0.3 is 5.97 Å². The van der Waals surface area contributed by atoms with Gasteiger partial charge in [0.1, 0.15) is 5.41 Å². The number of likely N-dealkylation sites (N-methyl/N-ethyl adjacent to an activating group) is 1. The lowest BCUT2D eigenvalue weighted by molar-refractivity contribution is -0.144.